The van der Waals surface area contributed by atoms with Gasteiger partial charge in [0, 0.05) is 20.1 Å². The van der Waals surface area contributed by atoms with Gasteiger partial charge in [-0.3, -0.25) is 4.79 Å². The van der Waals surface area contributed by atoms with Crippen molar-refractivity contribution in [3.63, 3.8) is 0 Å². The van der Waals surface area contributed by atoms with Gasteiger partial charge in [0.2, 0.25) is 15.9 Å². The molecule has 0 saturated carbocycles. The van der Waals surface area contributed by atoms with Crippen molar-refractivity contribution in [2.45, 2.75) is 4.90 Å². The van der Waals surface area contributed by atoms with Gasteiger partial charge in [-0.2, -0.15) is 4.31 Å². The van der Waals surface area contributed by atoms with Crippen LogP contribution in [-0.2, 0) is 14.8 Å². The summed E-state index contributed by atoms with van der Waals surface area (Å²) < 4.78 is 25.9. The van der Waals surface area contributed by atoms with Gasteiger partial charge in [-0.15, -0.1) is 0 Å². The second-order valence-electron chi connectivity index (χ2n) is 5.08. The summed E-state index contributed by atoms with van der Waals surface area (Å²) in [5.74, 6) is -0.206. The molecular formula is C13H19N3O3S. The largest absolute Gasteiger partial charge is 0.309 e. The topological polar surface area (TPSA) is 60.9 Å². The number of para-hydroxylation sites is 1. The van der Waals surface area contributed by atoms with Gasteiger partial charge in [-0.25, -0.2) is 8.42 Å². The van der Waals surface area contributed by atoms with E-state index in [4.69, 9.17) is 0 Å². The highest BCUT2D eigenvalue weighted by Crippen LogP contribution is 2.30. The van der Waals surface area contributed by atoms with Crippen LogP contribution < -0.4 is 4.90 Å². The van der Waals surface area contributed by atoms with Crippen LogP contribution >= 0.6 is 0 Å². The van der Waals surface area contributed by atoms with Gasteiger partial charge in [-0.05, 0) is 26.2 Å². The maximum atomic E-state index is 12.4. The zero-order valence-corrected chi connectivity index (χ0v) is 12.7. The Balaban J connectivity index is 2.50. The Morgan fingerprint density at radius 2 is 1.90 bits per heavy atom. The monoisotopic (exact) mass is 297 g/mol. The molecular weight excluding hydrogens is 278 g/mol. The Morgan fingerprint density at radius 1 is 1.25 bits per heavy atom. The third-order valence-corrected chi connectivity index (χ3v) is 5.12. The first-order valence-electron chi connectivity index (χ1n) is 6.34. The van der Waals surface area contributed by atoms with Crippen molar-refractivity contribution < 1.29 is 13.2 Å². The number of rotatable bonds is 3. The molecule has 0 radical (unpaired) electrons. The first-order valence-corrected chi connectivity index (χ1v) is 7.78. The number of benzene rings is 1. The smallest absolute Gasteiger partial charge is 0.245 e. The van der Waals surface area contributed by atoms with Crippen LogP contribution in [0.2, 0.25) is 0 Å². The SMILES string of the molecule is CN(C)CCN1C(=O)CN(C)S(=O)(=O)c2ccccc21. The average Bonchev–Trinajstić information content (AvgIpc) is 2.44. The van der Waals surface area contributed by atoms with Gasteiger partial charge < -0.3 is 9.80 Å². The highest BCUT2D eigenvalue weighted by atomic mass is 32.2. The lowest BCUT2D eigenvalue weighted by Crippen LogP contribution is -2.40. The highest BCUT2D eigenvalue weighted by molar-refractivity contribution is 7.89. The Labute approximate surface area is 119 Å². The van der Waals surface area contributed by atoms with E-state index in [1.54, 1.807) is 29.2 Å². The molecule has 1 aliphatic rings. The zero-order chi connectivity index (χ0) is 14.9. The standard InChI is InChI=1S/C13H19N3O3S/c1-14(2)8-9-16-11-6-4-5-7-12(11)20(18,19)15(3)10-13(16)17/h4-7H,8-10H2,1-3H3. The number of carbonyl (C=O) groups excluding carboxylic acids is 1. The maximum Gasteiger partial charge on any atom is 0.245 e. The fourth-order valence-corrected chi connectivity index (χ4v) is 3.42. The van der Waals surface area contributed by atoms with Gasteiger partial charge in [0.25, 0.3) is 0 Å². The number of hydrogen-bond donors (Lipinski definition) is 0. The van der Waals surface area contributed by atoms with Crippen LogP contribution in [0.3, 0.4) is 0 Å². The predicted octanol–water partition coefficient (Wildman–Crippen LogP) is 0.215. The van der Waals surface area contributed by atoms with Crippen molar-refractivity contribution in [1.82, 2.24) is 9.21 Å². The Bertz CT molecular complexity index is 613. The molecule has 110 valence electrons. The number of nitrogens with zero attached hydrogens (tertiary/aromatic N) is 3. The number of sulfonamides is 1. The molecule has 1 aromatic carbocycles. The van der Waals surface area contributed by atoms with E-state index in [1.807, 2.05) is 19.0 Å². The van der Waals surface area contributed by atoms with Crippen molar-refractivity contribution in [2.24, 2.45) is 0 Å². The van der Waals surface area contributed by atoms with Crippen LogP contribution in [0.4, 0.5) is 5.69 Å². The lowest BCUT2D eigenvalue weighted by molar-refractivity contribution is -0.118. The minimum atomic E-state index is -3.60. The number of carbonyl (C=O) groups is 1. The van der Waals surface area contributed by atoms with E-state index in [0.717, 1.165) is 4.31 Å². The lowest BCUT2D eigenvalue weighted by Gasteiger charge is -2.23. The van der Waals surface area contributed by atoms with Crippen LogP contribution in [0, 0.1) is 0 Å². The van der Waals surface area contributed by atoms with Crippen molar-refractivity contribution in [1.29, 1.82) is 0 Å². The van der Waals surface area contributed by atoms with Crippen molar-refractivity contribution in [3.8, 4) is 0 Å². The van der Waals surface area contributed by atoms with Gasteiger partial charge >= 0.3 is 0 Å². The van der Waals surface area contributed by atoms with E-state index in [1.165, 1.54) is 7.05 Å². The Morgan fingerprint density at radius 3 is 2.55 bits per heavy atom. The molecule has 1 aliphatic heterocycles. The van der Waals surface area contributed by atoms with Crippen LogP contribution in [0.25, 0.3) is 0 Å². The molecule has 0 fully saturated rings. The summed E-state index contributed by atoms with van der Waals surface area (Å²) in [6.07, 6.45) is 0. The molecule has 1 aromatic rings. The summed E-state index contributed by atoms with van der Waals surface area (Å²) in [7, 11) is 1.65. The first-order chi connectivity index (χ1) is 9.34. The number of likely N-dealkylation sites (N-methyl/N-ethyl adjacent to an activating group) is 2. The molecule has 0 aliphatic carbocycles. The summed E-state index contributed by atoms with van der Waals surface area (Å²) in [4.78, 5) is 16.0. The van der Waals surface area contributed by atoms with Crippen molar-refractivity contribution in [3.05, 3.63) is 24.3 Å². The summed E-state index contributed by atoms with van der Waals surface area (Å²) >= 11 is 0. The fraction of sp³-hybridized carbons (Fsp3) is 0.462. The molecule has 7 heteroatoms. The van der Waals surface area contributed by atoms with Crippen LogP contribution in [0.1, 0.15) is 0 Å². The van der Waals surface area contributed by atoms with E-state index in [-0.39, 0.29) is 17.3 Å². The molecule has 0 bridgehead atoms. The molecule has 0 aromatic heterocycles. The van der Waals surface area contributed by atoms with Crippen LogP contribution in [0.15, 0.2) is 29.2 Å². The molecule has 2 rings (SSSR count). The summed E-state index contributed by atoms with van der Waals surface area (Å²) in [6.45, 7) is 1.00. The van der Waals surface area contributed by atoms with Gasteiger partial charge in [-0.1, -0.05) is 12.1 Å². The maximum absolute atomic E-state index is 12.4. The molecule has 6 nitrogen and oxygen atoms in total. The zero-order valence-electron chi connectivity index (χ0n) is 11.9. The Kier molecular flexibility index (Phi) is 4.12. The molecule has 0 saturated heterocycles. The normalized spacial score (nSPS) is 19.0. The third-order valence-electron chi connectivity index (χ3n) is 3.27. The van der Waals surface area contributed by atoms with E-state index < -0.39 is 10.0 Å². The lowest BCUT2D eigenvalue weighted by atomic mass is 10.2. The number of anilines is 1. The number of fused-ring (bicyclic) bond motifs is 1. The second kappa shape index (κ2) is 5.51. The van der Waals surface area contributed by atoms with Crippen LogP contribution in [0.5, 0.6) is 0 Å². The third kappa shape index (κ3) is 2.70. The van der Waals surface area contributed by atoms with E-state index in [0.29, 0.717) is 18.8 Å². The molecule has 1 heterocycles. The summed E-state index contributed by atoms with van der Waals surface area (Å²) in [5.41, 5.74) is 0.462. The average molecular weight is 297 g/mol. The summed E-state index contributed by atoms with van der Waals surface area (Å²) in [6, 6.07) is 6.64. The van der Waals surface area contributed by atoms with Crippen molar-refractivity contribution in [2.75, 3.05) is 45.7 Å². The van der Waals surface area contributed by atoms with Gasteiger partial charge in [0.05, 0.1) is 12.2 Å². The Hall–Kier alpha value is -1.44. The number of hydrogen-bond acceptors (Lipinski definition) is 4. The molecule has 0 atom stereocenters. The van der Waals surface area contributed by atoms with E-state index in [2.05, 4.69) is 0 Å². The van der Waals surface area contributed by atoms with Crippen molar-refractivity contribution >= 4 is 21.6 Å². The number of amides is 1. The quantitative estimate of drug-likeness (QED) is 0.800. The fourth-order valence-electron chi connectivity index (χ4n) is 2.11. The minimum Gasteiger partial charge on any atom is -0.309 e. The molecule has 20 heavy (non-hydrogen) atoms. The molecule has 0 unspecified atom stereocenters. The highest BCUT2D eigenvalue weighted by Gasteiger charge is 2.34. The molecule has 0 spiro atoms. The minimum absolute atomic E-state index is 0.134. The molecule has 1 amide bonds. The van der Waals surface area contributed by atoms with Gasteiger partial charge in [0.15, 0.2) is 0 Å². The second-order valence-corrected chi connectivity index (χ2v) is 7.09. The summed E-state index contributed by atoms with van der Waals surface area (Å²) in [5, 5.41) is 0. The van der Waals surface area contributed by atoms with E-state index >= 15 is 0 Å². The molecule has 0 N–H and O–H groups in total. The van der Waals surface area contributed by atoms with Crippen LogP contribution in [-0.4, -0.2) is 64.3 Å². The predicted molar refractivity (Wildman–Crippen MR) is 77.2 cm³/mol. The van der Waals surface area contributed by atoms with E-state index in [9.17, 15) is 13.2 Å². The first kappa shape index (κ1) is 15.0. The van der Waals surface area contributed by atoms with Gasteiger partial charge in [0.1, 0.15) is 4.90 Å².